The minimum atomic E-state index is -0.929. The van der Waals surface area contributed by atoms with E-state index >= 15 is 0 Å². The molecule has 1 rings (SSSR count). The summed E-state index contributed by atoms with van der Waals surface area (Å²) >= 11 is 1.17. The van der Waals surface area contributed by atoms with E-state index in [4.69, 9.17) is 10.8 Å². The van der Waals surface area contributed by atoms with Crippen LogP contribution in [0.15, 0.2) is 0 Å². The second-order valence-electron chi connectivity index (χ2n) is 3.54. The summed E-state index contributed by atoms with van der Waals surface area (Å²) in [6, 6.07) is -0.174. The van der Waals surface area contributed by atoms with Gasteiger partial charge in [0.15, 0.2) is 0 Å². The molecule has 0 saturated carbocycles. The third-order valence-electron chi connectivity index (χ3n) is 2.01. The van der Waals surface area contributed by atoms with Crippen molar-refractivity contribution in [3.8, 4) is 0 Å². The summed E-state index contributed by atoms with van der Waals surface area (Å²) < 4.78 is 0. The second kappa shape index (κ2) is 4.06. The smallest absolute Gasteiger partial charge is 0.347 e. The molecule has 1 aromatic rings. The Bertz CT molecular complexity index is 347. The maximum atomic E-state index is 10.8. The van der Waals surface area contributed by atoms with E-state index in [2.05, 4.69) is 4.98 Å². The monoisotopic (exact) mass is 214 g/mol. The molecule has 0 amide bonds. The standard InChI is InChI=1S/C9H14N2O2S/c1-4(2)6(10)8-11-5(3)7(14-8)9(12)13/h4,6H,10H2,1-3H3,(H,12,13). The first-order valence-corrected chi connectivity index (χ1v) is 5.21. The molecule has 4 nitrogen and oxygen atoms in total. The van der Waals surface area contributed by atoms with Gasteiger partial charge in [0.2, 0.25) is 0 Å². The number of nitrogens with two attached hydrogens (primary N) is 1. The Morgan fingerprint density at radius 1 is 1.57 bits per heavy atom. The van der Waals surface area contributed by atoms with E-state index < -0.39 is 5.97 Å². The van der Waals surface area contributed by atoms with Gasteiger partial charge in [-0.15, -0.1) is 11.3 Å². The molecule has 0 aliphatic carbocycles. The number of carboxylic acid groups (broad SMARTS) is 1. The Labute approximate surface area is 86.8 Å². The number of aromatic carboxylic acids is 1. The Morgan fingerprint density at radius 3 is 2.50 bits per heavy atom. The summed E-state index contributed by atoms with van der Waals surface area (Å²) in [4.78, 5) is 15.2. The molecule has 78 valence electrons. The van der Waals surface area contributed by atoms with Crippen molar-refractivity contribution in [3.63, 3.8) is 0 Å². The zero-order valence-electron chi connectivity index (χ0n) is 8.44. The Hall–Kier alpha value is -0.940. The lowest BCUT2D eigenvalue weighted by molar-refractivity contribution is 0.0701. The lowest BCUT2D eigenvalue weighted by Gasteiger charge is -2.11. The molecule has 1 heterocycles. The van der Waals surface area contributed by atoms with Gasteiger partial charge in [-0.25, -0.2) is 9.78 Å². The van der Waals surface area contributed by atoms with Crippen LogP contribution in [0.25, 0.3) is 0 Å². The number of carbonyl (C=O) groups is 1. The highest BCUT2D eigenvalue weighted by Crippen LogP contribution is 2.26. The van der Waals surface area contributed by atoms with E-state index in [1.807, 2.05) is 13.8 Å². The average Bonchev–Trinajstić information content (AvgIpc) is 2.45. The normalized spacial score (nSPS) is 13.2. The molecule has 1 aromatic heterocycles. The fraction of sp³-hybridized carbons (Fsp3) is 0.556. The number of thiazole rings is 1. The molecule has 0 spiro atoms. The van der Waals surface area contributed by atoms with E-state index in [-0.39, 0.29) is 16.8 Å². The maximum absolute atomic E-state index is 10.8. The fourth-order valence-electron chi connectivity index (χ4n) is 1.04. The number of aryl methyl sites for hydroxylation is 1. The SMILES string of the molecule is Cc1nc(C(N)C(C)C)sc1C(=O)O. The van der Waals surface area contributed by atoms with Gasteiger partial charge in [-0.1, -0.05) is 13.8 Å². The van der Waals surface area contributed by atoms with Gasteiger partial charge in [0.05, 0.1) is 11.7 Å². The molecule has 3 N–H and O–H groups in total. The van der Waals surface area contributed by atoms with Crippen molar-refractivity contribution in [2.75, 3.05) is 0 Å². The van der Waals surface area contributed by atoms with Crippen LogP contribution >= 0.6 is 11.3 Å². The zero-order valence-corrected chi connectivity index (χ0v) is 9.26. The van der Waals surface area contributed by atoms with Crippen LogP contribution in [-0.4, -0.2) is 16.1 Å². The minimum absolute atomic E-state index is 0.174. The quantitative estimate of drug-likeness (QED) is 0.804. The molecule has 0 saturated heterocycles. The first kappa shape index (κ1) is 11.1. The maximum Gasteiger partial charge on any atom is 0.347 e. The molecule has 0 aliphatic rings. The van der Waals surface area contributed by atoms with Crippen molar-refractivity contribution >= 4 is 17.3 Å². The zero-order chi connectivity index (χ0) is 10.9. The van der Waals surface area contributed by atoms with Crippen LogP contribution in [0.5, 0.6) is 0 Å². The predicted molar refractivity (Wildman–Crippen MR) is 55.6 cm³/mol. The molecule has 0 aliphatic heterocycles. The van der Waals surface area contributed by atoms with Crippen molar-refractivity contribution in [1.29, 1.82) is 0 Å². The molecule has 0 radical (unpaired) electrons. The van der Waals surface area contributed by atoms with Crippen LogP contribution in [-0.2, 0) is 0 Å². The van der Waals surface area contributed by atoms with Crippen molar-refractivity contribution in [3.05, 3.63) is 15.6 Å². The van der Waals surface area contributed by atoms with Gasteiger partial charge >= 0.3 is 5.97 Å². The number of carboxylic acids is 1. The number of aromatic nitrogens is 1. The van der Waals surface area contributed by atoms with Gasteiger partial charge in [-0.05, 0) is 12.8 Å². The van der Waals surface area contributed by atoms with E-state index in [9.17, 15) is 4.79 Å². The molecule has 0 bridgehead atoms. The molecule has 1 atom stereocenters. The van der Waals surface area contributed by atoms with Crippen LogP contribution in [0.2, 0.25) is 0 Å². The third-order valence-corrected chi connectivity index (χ3v) is 3.26. The highest BCUT2D eigenvalue weighted by molar-refractivity contribution is 7.13. The highest BCUT2D eigenvalue weighted by Gasteiger charge is 2.19. The van der Waals surface area contributed by atoms with Crippen LogP contribution in [0.1, 0.15) is 40.3 Å². The Morgan fingerprint density at radius 2 is 2.14 bits per heavy atom. The lowest BCUT2D eigenvalue weighted by Crippen LogP contribution is -2.16. The number of rotatable bonds is 3. The topological polar surface area (TPSA) is 76.2 Å². The van der Waals surface area contributed by atoms with E-state index in [1.54, 1.807) is 6.92 Å². The van der Waals surface area contributed by atoms with Gasteiger partial charge in [0, 0.05) is 0 Å². The minimum Gasteiger partial charge on any atom is -0.477 e. The molecule has 5 heteroatoms. The van der Waals surface area contributed by atoms with Crippen LogP contribution in [0, 0.1) is 12.8 Å². The fourth-order valence-corrected chi connectivity index (χ4v) is 2.12. The van der Waals surface area contributed by atoms with Crippen LogP contribution < -0.4 is 5.73 Å². The molecular weight excluding hydrogens is 200 g/mol. The first-order chi connectivity index (χ1) is 6.43. The van der Waals surface area contributed by atoms with Gasteiger partial charge < -0.3 is 10.8 Å². The Kier molecular flexibility index (Phi) is 3.23. The molecule has 0 fully saturated rings. The Balaban J connectivity index is 3.02. The molecular formula is C9H14N2O2S. The molecule has 0 aromatic carbocycles. The lowest BCUT2D eigenvalue weighted by atomic mass is 10.1. The largest absolute Gasteiger partial charge is 0.477 e. The van der Waals surface area contributed by atoms with E-state index in [0.29, 0.717) is 10.7 Å². The number of nitrogens with zero attached hydrogens (tertiary/aromatic N) is 1. The summed E-state index contributed by atoms with van der Waals surface area (Å²) in [6.45, 7) is 5.67. The summed E-state index contributed by atoms with van der Waals surface area (Å²) in [7, 11) is 0. The van der Waals surface area contributed by atoms with Gasteiger partial charge in [-0.3, -0.25) is 0 Å². The summed E-state index contributed by atoms with van der Waals surface area (Å²) in [6.07, 6.45) is 0. The average molecular weight is 214 g/mol. The van der Waals surface area contributed by atoms with Crippen molar-refractivity contribution in [2.24, 2.45) is 11.7 Å². The van der Waals surface area contributed by atoms with Crippen molar-refractivity contribution in [2.45, 2.75) is 26.8 Å². The number of hydrogen-bond donors (Lipinski definition) is 2. The summed E-state index contributed by atoms with van der Waals surface area (Å²) in [5, 5.41) is 9.53. The molecule has 14 heavy (non-hydrogen) atoms. The van der Waals surface area contributed by atoms with Crippen molar-refractivity contribution < 1.29 is 9.90 Å². The summed E-state index contributed by atoms with van der Waals surface area (Å²) in [5.74, 6) is -0.663. The first-order valence-electron chi connectivity index (χ1n) is 4.39. The van der Waals surface area contributed by atoms with Crippen LogP contribution in [0.3, 0.4) is 0 Å². The van der Waals surface area contributed by atoms with Gasteiger partial charge in [0.1, 0.15) is 9.88 Å². The summed E-state index contributed by atoms with van der Waals surface area (Å²) in [5.41, 5.74) is 6.42. The third kappa shape index (κ3) is 2.10. The van der Waals surface area contributed by atoms with Gasteiger partial charge in [0.25, 0.3) is 0 Å². The highest BCUT2D eigenvalue weighted by atomic mass is 32.1. The van der Waals surface area contributed by atoms with E-state index in [1.165, 1.54) is 11.3 Å². The second-order valence-corrected chi connectivity index (χ2v) is 4.57. The van der Waals surface area contributed by atoms with E-state index in [0.717, 1.165) is 0 Å². The predicted octanol–water partition coefficient (Wildman–Crippen LogP) is 1.81. The van der Waals surface area contributed by atoms with Crippen LogP contribution in [0.4, 0.5) is 0 Å². The van der Waals surface area contributed by atoms with Gasteiger partial charge in [-0.2, -0.15) is 0 Å². The molecule has 1 unspecified atom stereocenters. The van der Waals surface area contributed by atoms with Crippen molar-refractivity contribution in [1.82, 2.24) is 4.98 Å². The number of hydrogen-bond acceptors (Lipinski definition) is 4.